The average molecular weight is 532 g/mol. The number of hydrogen-bond acceptors (Lipinski definition) is 5. The first-order valence-electron chi connectivity index (χ1n) is 12.8. The summed E-state index contributed by atoms with van der Waals surface area (Å²) in [5.74, 6) is 0.547. The number of amides is 2. The lowest BCUT2D eigenvalue weighted by molar-refractivity contribution is -0.140. The molecule has 0 saturated heterocycles. The summed E-state index contributed by atoms with van der Waals surface area (Å²) >= 11 is 0. The number of nitrogens with one attached hydrogen (secondary N) is 1. The van der Waals surface area contributed by atoms with Crippen LogP contribution in [0, 0.1) is 12.8 Å². The van der Waals surface area contributed by atoms with Crippen molar-refractivity contribution in [3.05, 3.63) is 59.7 Å². The first kappa shape index (κ1) is 30.2. The molecule has 0 saturated carbocycles. The molecule has 2 amide bonds. The van der Waals surface area contributed by atoms with Crippen LogP contribution in [0.5, 0.6) is 5.75 Å². The van der Waals surface area contributed by atoms with Gasteiger partial charge in [0.2, 0.25) is 21.8 Å². The summed E-state index contributed by atoms with van der Waals surface area (Å²) in [5.41, 5.74) is 2.51. The molecule has 0 spiro atoms. The Balaban J connectivity index is 2.16. The van der Waals surface area contributed by atoms with E-state index in [1.807, 2.05) is 52.0 Å². The highest BCUT2D eigenvalue weighted by molar-refractivity contribution is 7.92. The van der Waals surface area contributed by atoms with Crippen LogP contribution in [0.25, 0.3) is 0 Å². The number of anilines is 1. The van der Waals surface area contributed by atoms with Gasteiger partial charge in [-0.1, -0.05) is 38.1 Å². The molecule has 0 aliphatic rings. The van der Waals surface area contributed by atoms with Crippen molar-refractivity contribution in [1.82, 2.24) is 10.2 Å². The van der Waals surface area contributed by atoms with Crippen LogP contribution in [-0.2, 0) is 26.2 Å². The number of sulfonamides is 1. The minimum atomic E-state index is -3.56. The van der Waals surface area contributed by atoms with Gasteiger partial charge in [-0.3, -0.25) is 13.9 Å². The van der Waals surface area contributed by atoms with E-state index in [0.717, 1.165) is 17.4 Å². The van der Waals surface area contributed by atoms with Crippen LogP contribution >= 0.6 is 0 Å². The van der Waals surface area contributed by atoms with Crippen molar-refractivity contribution in [2.45, 2.75) is 60.0 Å². The fourth-order valence-corrected chi connectivity index (χ4v) is 4.85. The second-order valence-electron chi connectivity index (χ2n) is 9.63. The molecular formula is C28H41N3O5S. The van der Waals surface area contributed by atoms with E-state index in [1.165, 1.54) is 4.31 Å². The van der Waals surface area contributed by atoms with Crippen LogP contribution in [0.15, 0.2) is 48.5 Å². The summed E-state index contributed by atoms with van der Waals surface area (Å²) in [7, 11) is -3.56. The van der Waals surface area contributed by atoms with Crippen LogP contribution in [0.3, 0.4) is 0 Å². The van der Waals surface area contributed by atoms with Crippen LogP contribution in [0.4, 0.5) is 5.69 Å². The number of rotatable bonds is 14. The molecule has 1 atom stereocenters. The second kappa shape index (κ2) is 14.0. The predicted octanol–water partition coefficient (Wildman–Crippen LogP) is 4.13. The fourth-order valence-electron chi connectivity index (χ4n) is 3.89. The molecule has 9 heteroatoms. The maximum atomic E-state index is 13.4. The van der Waals surface area contributed by atoms with Gasteiger partial charge in [-0.15, -0.1) is 0 Å². The van der Waals surface area contributed by atoms with E-state index >= 15 is 0 Å². The summed E-state index contributed by atoms with van der Waals surface area (Å²) in [5, 5.41) is 2.92. The van der Waals surface area contributed by atoms with Gasteiger partial charge >= 0.3 is 0 Å². The molecule has 0 heterocycles. The number of aryl methyl sites for hydroxylation is 1. The van der Waals surface area contributed by atoms with Crippen molar-refractivity contribution in [3.63, 3.8) is 0 Å². The Hall–Kier alpha value is -3.07. The first-order valence-corrected chi connectivity index (χ1v) is 14.6. The van der Waals surface area contributed by atoms with E-state index in [2.05, 4.69) is 5.32 Å². The van der Waals surface area contributed by atoms with Crippen LogP contribution in [0.2, 0.25) is 0 Å². The van der Waals surface area contributed by atoms with Crippen molar-refractivity contribution in [2.24, 2.45) is 5.92 Å². The minimum Gasteiger partial charge on any atom is -0.494 e. The Labute approximate surface area is 222 Å². The molecule has 1 N–H and O–H groups in total. The first-order chi connectivity index (χ1) is 17.4. The molecule has 2 rings (SSSR count). The standard InChI is InChI=1S/C28H41N3O5S/c1-7-36-26-16-14-25(15-17-26)31(37(6,34)35)18-10-13-27(32)30(20-24-12-9-8-11-22(24)4)23(5)28(33)29-19-21(2)3/h8-9,11-12,14-17,21,23H,7,10,13,18-20H2,1-6H3,(H,29,33). The molecule has 0 radical (unpaired) electrons. The summed E-state index contributed by atoms with van der Waals surface area (Å²) in [6.45, 7) is 11.1. The van der Waals surface area contributed by atoms with Gasteiger partial charge in [0.25, 0.3) is 0 Å². The summed E-state index contributed by atoms with van der Waals surface area (Å²) in [4.78, 5) is 27.8. The summed E-state index contributed by atoms with van der Waals surface area (Å²) in [6.07, 6.45) is 1.57. The van der Waals surface area contributed by atoms with Gasteiger partial charge in [-0.25, -0.2) is 8.42 Å². The predicted molar refractivity (Wildman–Crippen MR) is 148 cm³/mol. The molecule has 0 aliphatic heterocycles. The highest BCUT2D eigenvalue weighted by Gasteiger charge is 2.27. The largest absolute Gasteiger partial charge is 0.494 e. The zero-order chi connectivity index (χ0) is 27.6. The average Bonchev–Trinajstić information content (AvgIpc) is 2.84. The Morgan fingerprint density at radius 3 is 2.24 bits per heavy atom. The molecule has 37 heavy (non-hydrogen) atoms. The van der Waals surface area contributed by atoms with Crippen molar-refractivity contribution >= 4 is 27.5 Å². The zero-order valence-corrected chi connectivity index (χ0v) is 23.7. The van der Waals surface area contributed by atoms with E-state index in [1.54, 1.807) is 36.1 Å². The lowest BCUT2D eigenvalue weighted by atomic mass is 10.1. The lowest BCUT2D eigenvalue weighted by Gasteiger charge is -2.30. The van der Waals surface area contributed by atoms with Crippen LogP contribution in [0.1, 0.15) is 51.7 Å². The van der Waals surface area contributed by atoms with E-state index < -0.39 is 16.1 Å². The fraction of sp³-hybridized carbons (Fsp3) is 0.500. The summed E-state index contributed by atoms with van der Waals surface area (Å²) < 4.78 is 31.7. The molecule has 0 bridgehead atoms. The van der Waals surface area contributed by atoms with Gasteiger partial charge in [0.05, 0.1) is 18.6 Å². The molecule has 204 valence electrons. The Morgan fingerprint density at radius 1 is 1.03 bits per heavy atom. The quantitative estimate of drug-likeness (QED) is 0.396. The highest BCUT2D eigenvalue weighted by Crippen LogP contribution is 2.23. The number of hydrogen-bond donors (Lipinski definition) is 1. The number of nitrogens with zero attached hydrogens (tertiary/aromatic N) is 2. The Morgan fingerprint density at radius 2 is 1.68 bits per heavy atom. The molecule has 1 unspecified atom stereocenters. The molecule has 8 nitrogen and oxygen atoms in total. The minimum absolute atomic E-state index is 0.108. The van der Waals surface area contributed by atoms with E-state index in [-0.39, 0.29) is 24.8 Å². The van der Waals surface area contributed by atoms with Gasteiger partial charge in [-0.2, -0.15) is 0 Å². The topological polar surface area (TPSA) is 96.0 Å². The monoisotopic (exact) mass is 531 g/mol. The van der Waals surface area contributed by atoms with Crippen LogP contribution < -0.4 is 14.4 Å². The molecule has 0 aliphatic carbocycles. The Kier molecular flexibility index (Phi) is 11.4. The number of ether oxygens (including phenoxy) is 1. The SMILES string of the molecule is CCOc1ccc(N(CCCC(=O)N(Cc2ccccc2C)C(C)C(=O)NCC(C)C)S(C)(=O)=O)cc1. The third-order valence-corrected chi connectivity index (χ3v) is 7.24. The number of carbonyl (C=O) groups is 2. The molecule has 2 aromatic rings. The van der Waals surface area contributed by atoms with Crippen LogP contribution in [-0.4, -0.2) is 57.1 Å². The van der Waals surface area contributed by atoms with Gasteiger partial charge in [0.1, 0.15) is 11.8 Å². The second-order valence-corrected chi connectivity index (χ2v) is 11.5. The maximum Gasteiger partial charge on any atom is 0.242 e. The number of benzene rings is 2. The van der Waals surface area contributed by atoms with Gasteiger partial charge in [0, 0.05) is 26.1 Å². The normalized spacial score (nSPS) is 12.2. The lowest BCUT2D eigenvalue weighted by Crippen LogP contribution is -2.48. The smallest absolute Gasteiger partial charge is 0.242 e. The van der Waals surface area contributed by atoms with Crippen molar-refractivity contribution in [3.8, 4) is 5.75 Å². The molecular weight excluding hydrogens is 490 g/mol. The molecule has 0 aromatic heterocycles. The molecule has 0 fully saturated rings. The number of carbonyl (C=O) groups excluding carboxylic acids is 2. The maximum absolute atomic E-state index is 13.4. The van der Waals surface area contributed by atoms with E-state index in [0.29, 0.717) is 43.5 Å². The third-order valence-electron chi connectivity index (χ3n) is 6.04. The summed E-state index contributed by atoms with van der Waals surface area (Å²) in [6, 6.07) is 13.9. The zero-order valence-electron chi connectivity index (χ0n) is 22.9. The van der Waals surface area contributed by atoms with E-state index in [4.69, 9.17) is 4.74 Å². The Bertz CT molecular complexity index is 1130. The third kappa shape index (κ3) is 9.39. The van der Waals surface area contributed by atoms with Gasteiger partial charge in [-0.05, 0) is 68.5 Å². The van der Waals surface area contributed by atoms with Crippen molar-refractivity contribution < 1.29 is 22.7 Å². The molecule has 2 aromatic carbocycles. The van der Waals surface area contributed by atoms with Crippen molar-refractivity contribution in [2.75, 3.05) is 30.3 Å². The van der Waals surface area contributed by atoms with Crippen molar-refractivity contribution in [1.29, 1.82) is 0 Å². The highest BCUT2D eigenvalue weighted by atomic mass is 32.2. The van der Waals surface area contributed by atoms with Gasteiger partial charge < -0.3 is 15.0 Å². The van der Waals surface area contributed by atoms with Gasteiger partial charge in [0.15, 0.2) is 0 Å². The van der Waals surface area contributed by atoms with E-state index in [9.17, 15) is 18.0 Å².